The quantitative estimate of drug-likeness (QED) is 0.675. The van der Waals surface area contributed by atoms with Gasteiger partial charge in [0.1, 0.15) is 6.33 Å². The molecule has 4 heteroatoms. The maximum atomic E-state index is 9.10. The molecule has 1 aromatic rings. The zero-order valence-corrected chi connectivity index (χ0v) is 6.48. The van der Waals surface area contributed by atoms with E-state index in [4.69, 9.17) is 9.84 Å². The third-order valence-corrected chi connectivity index (χ3v) is 1.30. The van der Waals surface area contributed by atoms with Crippen LogP contribution in [0.1, 0.15) is 18.7 Å². The summed E-state index contributed by atoms with van der Waals surface area (Å²) in [7, 11) is 1.52. The van der Waals surface area contributed by atoms with E-state index in [-0.39, 0.29) is 0 Å². The molecule has 1 N–H and O–H groups in total. The van der Waals surface area contributed by atoms with Crippen molar-refractivity contribution in [2.75, 3.05) is 7.11 Å². The molecular weight excluding hydrogens is 144 g/mol. The molecule has 4 nitrogen and oxygen atoms in total. The summed E-state index contributed by atoms with van der Waals surface area (Å²) in [5, 5.41) is 9.10. The summed E-state index contributed by atoms with van der Waals surface area (Å²) in [4.78, 5) is 7.64. The minimum atomic E-state index is -0.577. The maximum Gasteiger partial charge on any atom is 0.216 e. The van der Waals surface area contributed by atoms with E-state index in [1.807, 2.05) is 0 Å². The first-order valence-corrected chi connectivity index (χ1v) is 3.28. The number of ether oxygens (including phenoxy) is 1. The minimum absolute atomic E-state index is 0.468. The normalized spacial score (nSPS) is 12.6. The molecule has 11 heavy (non-hydrogen) atoms. The molecule has 0 amide bonds. The van der Waals surface area contributed by atoms with Crippen LogP contribution in [0.15, 0.2) is 12.4 Å². The van der Waals surface area contributed by atoms with Crippen molar-refractivity contribution in [2.24, 2.45) is 0 Å². The summed E-state index contributed by atoms with van der Waals surface area (Å²) in [5.41, 5.74) is 0.567. The standard InChI is InChI=1S/C7H10N2O2/c1-5(10)6-3-7(11-2)9-4-8-6/h3-5,10H,1-2H3/t5-/m1/s1. The van der Waals surface area contributed by atoms with Crippen molar-refractivity contribution >= 4 is 0 Å². The largest absolute Gasteiger partial charge is 0.481 e. The Bertz CT molecular complexity index is 238. The lowest BCUT2D eigenvalue weighted by Crippen LogP contribution is -1.97. The first kappa shape index (κ1) is 7.94. The van der Waals surface area contributed by atoms with Gasteiger partial charge in [-0.15, -0.1) is 0 Å². The number of nitrogens with zero attached hydrogens (tertiary/aromatic N) is 2. The highest BCUT2D eigenvalue weighted by atomic mass is 16.5. The van der Waals surface area contributed by atoms with E-state index < -0.39 is 6.10 Å². The Morgan fingerprint density at radius 3 is 2.82 bits per heavy atom. The van der Waals surface area contributed by atoms with Gasteiger partial charge in [-0.05, 0) is 6.92 Å². The fourth-order valence-corrected chi connectivity index (χ4v) is 0.694. The summed E-state index contributed by atoms with van der Waals surface area (Å²) in [6.45, 7) is 1.64. The average Bonchev–Trinajstić information content (AvgIpc) is 2.05. The van der Waals surface area contributed by atoms with Crippen molar-refractivity contribution < 1.29 is 9.84 Å². The lowest BCUT2D eigenvalue weighted by atomic mass is 10.3. The van der Waals surface area contributed by atoms with Crippen LogP contribution in [0.5, 0.6) is 5.88 Å². The second-order valence-corrected chi connectivity index (χ2v) is 2.16. The van der Waals surface area contributed by atoms with Crippen LogP contribution in [0, 0.1) is 0 Å². The van der Waals surface area contributed by atoms with Gasteiger partial charge in [-0.25, -0.2) is 9.97 Å². The summed E-state index contributed by atoms with van der Waals surface area (Å²) in [6, 6.07) is 1.60. The minimum Gasteiger partial charge on any atom is -0.481 e. The Morgan fingerprint density at radius 1 is 1.55 bits per heavy atom. The molecule has 1 heterocycles. The van der Waals surface area contributed by atoms with Crippen LogP contribution in [0.3, 0.4) is 0 Å². The molecule has 0 saturated carbocycles. The van der Waals surface area contributed by atoms with Crippen molar-refractivity contribution in [3.05, 3.63) is 18.1 Å². The van der Waals surface area contributed by atoms with Gasteiger partial charge >= 0.3 is 0 Å². The SMILES string of the molecule is COc1cc([C@@H](C)O)ncn1. The van der Waals surface area contributed by atoms with Crippen molar-refractivity contribution in [1.82, 2.24) is 9.97 Å². The molecule has 1 rings (SSSR count). The van der Waals surface area contributed by atoms with Crippen molar-refractivity contribution in [3.8, 4) is 5.88 Å². The first-order valence-electron chi connectivity index (χ1n) is 3.28. The van der Waals surface area contributed by atoms with Crippen LogP contribution in [0.2, 0.25) is 0 Å². The van der Waals surface area contributed by atoms with Gasteiger partial charge < -0.3 is 9.84 Å². The number of rotatable bonds is 2. The summed E-state index contributed by atoms with van der Waals surface area (Å²) >= 11 is 0. The molecular formula is C7H10N2O2. The van der Waals surface area contributed by atoms with Gasteiger partial charge in [-0.3, -0.25) is 0 Å². The molecule has 0 fully saturated rings. The third-order valence-electron chi connectivity index (χ3n) is 1.30. The highest BCUT2D eigenvalue weighted by Gasteiger charge is 2.03. The molecule has 1 aromatic heterocycles. The van der Waals surface area contributed by atoms with E-state index in [2.05, 4.69) is 9.97 Å². The Morgan fingerprint density at radius 2 is 2.27 bits per heavy atom. The van der Waals surface area contributed by atoms with Gasteiger partial charge in [-0.1, -0.05) is 0 Å². The molecule has 0 spiro atoms. The maximum absolute atomic E-state index is 9.10. The van der Waals surface area contributed by atoms with Gasteiger partial charge in [0, 0.05) is 6.07 Å². The first-order chi connectivity index (χ1) is 5.24. The van der Waals surface area contributed by atoms with E-state index in [0.717, 1.165) is 0 Å². The zero-order chi connectivity index (χ0) is 8.27. The van der Waals surface area contributed by atoms with E-state index in [1.54, 1.807) is 13.0 Å². The predicted octanol–water partition coefficient (Wildman–Crippen LogP) is 0.538. The van der Waals surface area contributed by atoms with Gasteiger partial charge in [0.05, 0.1) is 18.9 Å². The molecule has 0 aliphatic carbocycles. The number of hydrogen-bond donors (Lipinski definition) is 1. The number of aliphatic hydroxyl groups is 1. The average molecular weight is 154 g/mol. The summed E-state index contributed by atoms with van der Waals surface area (Å²) < 4.78 is 4.84. The van der Waals surface area contributed by atoms with Crippen LogP contribution < -0.4 is 4.74 Å². The zero-order valence-electron chi connectivity index (χ0n) is 6.48. The highest BCUT2D eigenvalue weighted by molar-refractivity contribution is 5.14. The van der Waals surface area contributed by atoms with Crippen LogP contribution in [-0.4, -0.2) is 22.2 Å². The Labute approximate surface area is 64.9 Å². The van der Waals surface area contributed by atoms with E-state index in [1.165, 1.54) is 13.4 Å². The van der Waals surface area contributed by atoms with Crippen molar-refractivity contribution in [3.63, 3.8) is 0 Å². The third kappa shape index (κ3) is 1.88. The van der Waals surface area contributed by atoms with Gasteiger partial charge in [0.15, 0.2) is 0 Å². The number of hydrogen-bond acceptors (Lipinski definition) is 4. The van der Waals surface area contributed by atoms with E-state index >= 15 is 0 Å². The van der Waals surface area contributed by atoms with Crippen LogP contribution in [0.25, 0.3) is 0 Å². The monoisotopic (exact) mass is 154 g/mol. The number of aliphatic hydroxyl groups excluding tert-OH is 1. The van der Waals surface area contributed by atoms with Crippen LogP contribution in [0.4, 0.5) is 0 Å². The Hall–Kier alpha value is -1.16. The van der Waals surface area contributed by atoms with E-state index in [9.17, 15) is 0 Å². The molecule has 0 saturated heterocycles. The molecule has 0 aliphatic rings. The fourth-order valence-electron chi connectivity index (χ4n) is 0.694. The lowest BCUT2D eigenvalue weighted by molar-refractivity contribution is 0.193. The van der Waals surface area contributed by atoms with Gasteiger partial charge in [-0.2, -0.15) is 0 Å². The smallest absolute Gasteiger partial charge is 0.216 e. The van der Waals surface area contributed by atoms with Crippen LogP contribution in [-0.2, 0) is 0 Å². The molecule has 1 atom stereocenters. The van der Waals surface area contributed by atoms with E-state index in [0.29, 0.717) is 11.6 Å². The van der Waals surface area contributed by atoms with Crippen molar-refractivity contribution in [2.45, 2.75) is 13.0 Å². The topological polar surface area (TPSA) is 55.2 Å². The highest BCUT2D eigenvalue weighted by Crippen LogP contribution is 2.12. The van der Waals surface area contributed by atoms with Gasteiger partial charge in [0.2, 0.25) is 5.88 Å². The summed E-state index contributed by atoms with van der Waals surface area (Å²) in [5.74, 6) is 0.468. The molecule has 60 valence electrons. The Balaban J connectivity index is 2.91. The second-order valence-electron chi connectivity index (χ2n) is 2.16. The molecule has 0 aromatic carbocycles. The number of aromatic nitrogens is 2. The lowest BCUT2D eigenvalue weighted by Gasteiger charge is -2.03. The Kier molecular flexibility index (Phi) is 2.38. The van der Waals surface area contributed by atoms with Crippen LogP contribution >= 0.6 is 0 Å². The fraction of sp³-hybridized carbons (Fsp3) is 0.429. The molecule has 0 radical (unpaired) electrons. The molecule has 0 aliphatic heterocycles. The van der Waals surface area contributed by atoms with Crippen molar-refractivity contribution in [1.29, 1.82) is 0 Å². The van der Waals surface area contributed by atoms with Gasteiger partial charge in [0.25, 0.3) is 0 Å². The predicted molar refractivity (Wildman–Crippen MR) is 39.2 cm³/mol. The second kappa shape index (κ2) is 3.30. The molecule has 0 unspecified atom stereocenters. The molecule has 0 bridgehead atoms. The number of methoxy groups -OCH3 is 1. The summed E-state index contributed by atoms with van der Waals surface area (Å²) in [6.07, 6.45) is 0.785.